The summed E-state index contributed by atoms with van der Waals surface area (Å²) in [5.74, 6) is 0.594. The Bertz CT molecular complexity index is 526. The Kier molecular flexibility index (Phi) is 3.43. The highest BCUT2D eigenvalue weighted by Crippen LogP contribution is 2.35. The summed E-state index contributed by atoms with van der Waals surface area (Å²) in [7, 11) is 0. The summed E-state index contributed by atoms with van der Waals surface area (Å²) in [6.07, 6.45) is 3.24. The van der Waals surface area contributed by atoms with Crippen LogP contribution in [0.5, 0.6) is 0 Å². The zero-order valence-electron chi connectivity index (χ0n) is 10.1. The van der Waals surface area contributed by atoms with E-state index in [0.29, 0.717) is 17.9 Å². The van der Waals surface area contributed by atoms with Gasteiger partial charge in [-0.05, 0) is 25.2 Å². The molecule has 1 aliphatic carbocycles. The Morgan fingerprint density at radius 2 is 2.06 bits per heavy atom. The van der Waals surface area contributed by atoms with Crippen molar-refractivity contribution in [3.05, 3.63) is 31.6 Å². The molecule has 17 heavy (non-hydrogen) atoms. The van der Waals surface area contributed by atoms with Crippen LogP contribution in [-0.2, 0) is 6.42 Å². The van der Waals surface area contributed by atoms with Crippen LogP contribution in [0.25, 0.3) is 0 Å². The molecule has 1 heterocycles. The topological polar surface area (TPSA) is 54.9 Å². The fourth-order valence-corrected chi connectivity index (χ4v) is 2.69. The number of hydrogen-bond donors (Lipinski definition) is 1. The van der Waals surface area contributed by atoms with Gasteiger partial charge in [-0.2, -0.15) is 0 Å². The van der Waals surface area contributed by atoms with Gasteiger partial charge in [-0.3, -0.25) is 14.3 Å². The predicted molar refractivity (Wildman–Crippen MR) is 67.8 cm³/mol. The highest BCUT2D eigenvalue weighted by molar-refractivity contribution is 6.30. The van der Waals surface area contributed by atoms with Crippen LogP contribution in [0.2, 0.25) is 5.15 Å². The number of H-pyrrole nitrogens is 1. The number of nitrogens with zero attached hydrogens (tertiary/aromatic N) is 1. The van der Waals surface area contributed by atoms with Crippen LogP contribution in [0.3, 0.4) is 0 Å². The first-order valence-corrected chi connectivity index (χ1v) is 6.45. The molecule has 0 amide bonds. The normalized spacial score (nSPS) is 23.5. The molecule has 0 aliphatic heterocycles. The van der Waals surface area contributed by atoms with Gasteiger partial charge in [0.25, 0.3) is 5.56 Å². The van der Waals surface area contributed by atoms with Gasteiger partial charge in [0.2, 0.25) is 0 Å². The summed E-state index contributed by atoms with van der Waals surface area (Å²) in [5, 5.41) is 0.200. The molecule has 0 atom stereocenters. The Morgan fingerprint density at radius 1 is 1.41 bits per heavy atom. The first-order valence-electron chi connectivity index (χ1n) is 6.07. The van der Waals surface area contributed by atoms with Crippen LogP contribution in [0.4, 0.5) is 0 Å². The average molecular weight is 257 g/mol. The minimum Gasteiger partial charge on any atom is -0.297 e. The van der Waals surface area contributed by atoms with Crippen molar-refractivity contribution >= 4 is 11.6 Å². The smallest absolute Gasteiger partial charge is 0.297 e. The zero-order valence-corrected chi connectivity index (χ0v) is 10.9. The van der Waals surface area contributed by atoms with Gasteiger partial charge in [0.15, 0.2) is 0 Å². The van der Waals surface area contributed by atoms with E-state index in [1.807, 2.05) is 6.92 Å². The largest absolute Gasteiger partial charge is 0.329 e. The standard InChI is InChI=1S/C12H17ClN2O2/c1-3-4-9-10(13)14-12(17)15(11(9)16)8-5-7(2)6-8/h7-8H,3-6H2,1-2H3,(H,14,17). The highest BCUT2D eigenvalue weighted by atomic mass is 35.5. The maximum atomic E-state index is 12.2. The number of aromatic nitrogens is 2. The average Bonchev–Trinajstić information content (AvgIpc) is 2.21. The first-order chi connectivity index (χ1) is 8.04. The van der Waals surface area contributed by atoms with Crippen molar-refractivity contribution in [3.8, 4) is 0 Å². The lowest BCUT2D eigenvalue weighted by Gasteiger charge is -2.33. The molecule has 1 saturated carbocycles. The van der Waals surface area contributed by atoms with Crippen molar-refractivity contribution in [3.63, 3.8) is 0 Å². The summed E-state index contributed by atoms with van der Waals surface area (Å²) in [6.45, 7) is 4.11. The second-order valence-corrected chi connectivity index (χ2v) is 5.26. The minimum atomic E-state index is -0.378. The number of aromatic amines is 1. The lowest BCUT2D eigenvalue weighted by atomic mass is 9.81. The first kappa shape index (κ1) is 12.4. The molecule has 4 nitrogen and oxygen atoms in total. The van der Waals surface area contributed by atoms with Crippen molar-refractivity contribution in [2.24, 2.45) is 5.92 Å². The van der Waals surface area contributed by atoms with Crippen molar-refractivity contribution in [2.75, 3.05) is 0 Å². The Morgan fingerprint density at radius 3 is 2.59 bits per heavy atom. The Labute approximate surface area is 105 Å². The van der Waals surface area contributed by atoms with E-state index in [9.17, 15) is 9.59 Å². The lowest BCUT2D eigenvalue weighted by molar-refractivity contribution is 0.205. The van der Waals surface area contributed by atoms with Gasteiger partial charge in [0, 0.05) is 6.04 Å². The fourth-order valence-electron chi connectivity index (χ4n) is 2.43. The molecule has 0 bridgehead atoms. The van der Waals surface area contributed by atoms with E-state index in [-0.39, 0.29) is 22.4 Å². The molecule has 2 rings (SSSR count). The minimum absolute atomic E-state index is 0.0501. The van der Waals surface area contributed by atoms with Gasteiger partial charge in [0.1, 0.15) is 5.15 Å². The molecule has 0 saturated heterocycles. The molecule has 0 aromatic carbocycles. The van der Waals surface area contributed by atoms with Gasteiger partial charge >= 0.3 is 5.69 Å². The maximum absolute atomic E-state index is 12.2. The van der Waals surface area contributed by atoms with Crippen LogP contribution in [0.15, 0.2) is 9.59 Å². The summed E-state index contributed by atoms with van der Waals surface area (Å²) in [5.41, 5.74) is -0.0532. The molecular weight excluding hydrogens is 240 g/mol. The van der Waals surface area contributed by atoms with Gasteiger partial charge in [-0.25, -0.2) is 4.79 Å². The van der Waals surface area contributed by atoms with E-state index in [2.05, 4.69) is 11.9 Å². The fraction of sp³-hybridized carbons (Fsp3) is 0.667. The third-order valence-corrected chi connectivity index (χ3v) is 3.71. The quantitative estimate of drug-likeness (QED) is 0.843. The van der Waals surface area contributed by atoms with E-state index < -0.39 is 0 Å². The summed E-state index contributed by atoms with van der Waals surface area (Å²) in [6, 6.07) is 0.0501. The molecule has 0 unspecified atom stereocenters. The molecule has 1 aliphatic rings. The highest BCUT2D eigenvalue weighted by Gasteiger charge is 2.30. The van der Waals surface area contributed by atoms with Crippen LogP contribution in [-0.4, -0.2) is 9.55 Å². The predicted octanol–water partition coefficient (Wildman–Crippen LogP) is 2.11. The van der Waals surface area contributed by atoms with E-state index in [0.717, 1.165) is 19.3 Å². The van der Waals surface area contributed by atoms with Gasteiger partial charge in [-0.1, -0.05) is 31.9 Å². The molecule has 0 spiro atoms. The lowest BCUT2D eigenvalue weighted by Crippen LogP contribution is -2.44. The molecule has 94 valence electrons. The molecule has 1 aromatic heterocycles. The number of halogens is 1. The van der Waals surface area contributed by atoms with Crippen LogP contribution < -0.4 is 11.2 Å². The van der Waals surface area contributed by atoms with Crippen LogP contribution >= 0.6 is 11.6 Å². The zero-order chi connectivity index (χ0) is 12.6. The van der Waals surface area contributed by atoms with E-state index in [1.54, 1.807) is 0 Å². The van der Waals surface area contributed by atoms with Gasteiger partial charge in [0.05, 0.1) is 5.56 Å². The summed E-state index contributed by atoms with van der Waals surface area (Å²) in [4.78, 5) is 26.6. The molecule has 1 aromatic rings. The van der Waals surface area contributed by atoms with Crippen LogP contribution in [0.1, 0.15) is 44.7 Å². The van der Waals surface area contributed by atoms with E-state index >= 15 is 0 Å². The number of hydrogen-bond acceptors (Lipinski definition) is 2. The summed E-state index contributed by atoms with van der Waals surface area (Å²) < 4.78 is 1.34. The van der Waals surface area contributed by atoms with Gasteiger partial charge in [-0.15, -0.1) is 0 Å². The van der Waals surface area contributed by atoms with E-state index in [4.69, 9.17) is 11.6 Å². The molecule has 5 heteroatoms. The van der Waals surface area contributed by atoms with Crippen LogP contribution in [0, 0.1) is 5.92 Å². The number of rotatable bonds is 3. The molecular formula is C12H17ClN2O2. The monoisotopic (exact) mass is 256 g/mol. The van der Waals surface area contributed by atoms with Crippen molar-refractivity contribution in [2.45, 2.75) is 45.6 Å². The third-order valence-electron chi connectivity index (χ3n) is 3.39. The maximum Gasteiger partial charge on any atom is 0.329 e. The van der Waals surface area contributed by atoms with E-state index in [1.165, 1.54) is 4.57 Å². The Balaban J connectivity index is 2.48. The third kappa shape index (κ3) is 2.18. The number of nitrogens with one attached hydrogen (secondary N) is 1. The Hall–Kier alpha value is -1.03. The van der Waals surface area contributed by atoms with Crippen molar-refractivity contribution in [1.82, 2.24) is 9.55 Å². The molecule has 1 N–H and O–H groups in total. The SMILES string of the molecule is CCCc1c(Cl)[nH]c(=O)n(C2CC(C)C2)c1=O. The summed E-state index contributed by atoms with van der Waals surface area (Å²) >= 11 is 5.91. The van der Waals surface area contributed by atoms with Crippen molar-refractivity contribution < 1.29 is 0 Å². The second kappa shape index (κ2) is 4.69. The molecule has 1 fully saturated rings. The van der Waals surface area contributed by atoms with Gasteiger partial charge < -0.3 is 0 Å². The van der Waals surface area contributed by atoms with Crippen molar-refractivity contribution in [1.29, 1.82) is 0 Å². The molecule has 0 radical (unpaired) electrons. The second-order valence-electron chi connectivity index (χ2n) is 4.88.